The van der Waals surface area contributed by atoms with E-state index >= 15 is 0 Å². The number of nitrogens with one attached hydrogen (secondary N) is 4. The summed E-state index contributed by atoms with van der Waals surface area (Å²) in [4.78, 5) is 86.6. The molecule has 4 rings (SSSR count). The lowest BCUT2D eigenvalue weighted by atomic mass is 9.89. The Morgan fingerprint density at radius 3 is 2.43 bits per heavy atom. The lowest BCUT2D eigenvalue weighted by Gasteiger charge is -2.25. The molecular weight excluding hydrogens is 737 g/mol. The number of hydrogen-bond acceptors (Lipinski definition) is 8. The zero-order valence-electron chi connectivity index (χ0n) is 34.1. The number of aromatic nitrogens is 1. The number of urea groups is 1. The highest BCUT2D eigenvalue weighted by Gasteiger charge is 2.32. The number of fused-ring (bicyclic) bond motifs is 1. The number of unbranched alkanes of at least 4 members (excludes halogenated alkanes) is 2. The molecule has 58 heavy (non-hydrogen) atoms. The SMILES string of the molecule is CCCCC[C@H](NC(=O)[C@H](CC(=O)[C@@H]1CCCCN(C)CC#CCN(N)C(=O)N[C@H](Cc2c[nH]c3ccccc23)C(=O)C[C@@H](C)C(=O)N1)Cc1ccccc1)C(N)=O. The summed E-state index contributed by atoms with van der Waals surface area (Å²) in [5.41, 5.74) is 8.20. The number of ketones is 2. The summed E-state index contributed by atoms with van der Waals surface area (Å²) in [5.74, 6) is 7.99. The van der Waals surface area contributed by atoms with Crippen molar-refractivity contribution in [1.29, 1.82) is 0 Å². The number of nitrogens with zero attached hydrogens (tertiary/aromatic N) is 2. The van der Waals surface area contributed by atoms with Crippen molar-refractivity contribution in [2.45, 2.75) is 103 Å². The van der Waals surface area contributed by atoms with E-state index < -0.39 is 53.7 Å². The largest absolute Gasteiger partial charge is 0.368 e. The number of hydrogen-bond donors (Lipinski definition) is 6. The van der Waals surface area contributed by atoms with Crippen LogP contribution in [0.25, 0.3) is 10.9 Å². The van der Waals surface area contributed by atoms with Gasteiger partial charge in [-0.05, 0) is 62.9 Å². The topological polar surface area (TPSA) is 213 Å². The average molecular weight is 797 g/mol. The second-order valence-electron chi connectivity index (χ2n) is 15.4. The Balaban J connectivity index is 1.57. The second kappa shape index (κ2) is 23.0. The van der Waals surface area contributed by atoms with Crippen molar-refractivity contribution in [3.05, 3.63) is 71.9 Å². The molecule has 1 aliphatic rings. The monoisotopic (exact) mass is 796 g/mol. The van der Waals surface area contributed by atoms with Crippen LogP contribution in [0.5, 0.6) is 0 Å². The molecule has 0 fully saturated rings. The molecule has 0 radical (unpaired) electrons. The number of Topliss-reactive ketones (excluding diaryl/α,β-unsaturated/α-hetero) is 2. The molecule has 8 N–H and O–H groups in total. The first-order chi connectivity index (χ1) is 27.9. The van der Waals surface area contributed by atoms with Crippen LogP contribution in [0.1, 0.15) is 82.8 Å². The number of nitrogens with two attached hydrogens (primary N) is 2. The number of benzene rings is 2. The standard InChI is InChI=1S/C44H60N8O6/c1-4-5-7-21-37(41(45)55)49-43(57)32(26-31-16-8-6-9-17-31)28-40(54)36-20-12-13-22-51(3)23-14-15-24-52(46)44(58)50-38(39(53)25-30(2)42(56)48-36)27-33-29-47-35-19-11-10-18-34(33)35/h6,8-11,16-19,29-30,32,36-38,47H,4-5,7,12-13,20-28,46H2,1-3H3,(H2,45,55)(H,48,56)(H,49,57)(H,50,58)/t30-,32+,36+,37+,38-/m1/s1. The Hall–Kier alpha value is -5.52. The number of para-hydroxylation sites is 1. The Bertz CT molecular complexity index is 1920. The minimum absolute atomic E-state index is 0.0540. The molecule has 2 heterocycles. The van der Waals surface area contributed by atoms with Gasteiger partial charge < -0.3 is 26.7 Å². The number of rotatable bonds is 14. The van der Waals surface area contributed by atoms with Gasteiger partial charge in [0.1, 0.15) is 6.04 Å². The quantitative estimate of drug-likeness (QED) is 0.0613. The first-order valence-corrected chi connectivity index (χ1v) is 20.4. The van der Waals surface area contributed by atoms with E-state index in [0.717, 1.165) is 39.9 Å². The number of primary amides is 1. The van der Waals surface area contributed by atoms with Gasteiger partial charge in [0, 0.05) is 48.2 Å². The van der Waals surface area contributed by atoms with Gasteiger partial charge in [-0.15, -0.1) is 0 Å². The number of H-pyrrole nitrogens is 1. The molecule has 5 amide bonds. The highest BCUT2D eigenvalue weighted by Crippen LogP contribution is 2.22. The van der Waals surface area contributed by atoms with Crippen molar-refractivity contribution in [3.8, 4) is 11.8 Å². The Kier molecular flexibility index (Phi) is 17.9. The van der Waals surface area contributed by atoms with Gasteiger partial charge >= 0.3 is 6.03 Å². The molecule has 2 aromatic carbocycles. The van der Waals surface area contributed by atoms with Gasteiger partial charge in [0.05, 0.1) is 25.2 Å². The smallest absolute Gasteiger partial charge is 0.333 e. The Labute approximate surface area is 341 Å². The van der Waals surface area contributed by atoms with Crippen LogP contribution in [0, 0.1) is 23.7 Å². The van der Waals surface area contributed by atoms with Crippen LogP contribution >= 0.6 is 0 Å². The van der Waals surface area contributed by atoms with E-state index in [0.29, 0.717) is 45.2 Å². The molecule has 5 atom stereocenters. The molecule has 0 spiro atoms. The molecule has 3 aromatic rings. The lowest BCUT2D eigenvalue weighted by Crippen LogP contribution is -2.52. The van der Waals surface area contributed by atoms with Crippen molar-refractivity contribution >= 4 is 46.2 Å². The van der Waals surface area contributed by atoms with Crippen molar-refractivity contribution < 1.29 is 28.8 Å². The molecule has 14 heteroatoms. The van der Waals surface area contributed by atoms with Crippen LogP contribution in [0.4, 0.5) is 4.79 Å². The Morgan fingerprint density at radius 2 is 1.69 bits per heavy atom. The van der Waals surface area contributed by atoms with E-state index in [4.69, 9.17) is 11.6 Å². The molecule has 0 aliphatic carbocycles. The van der Waals surface area contributed by atoms with Gasteiger partial charge in [-0.1, -0.05) is 93.5 Å². The van der Waals surface area contributed by atoms with E-state index in [1.54, 1.807) is 13.1 Å². The van der Waals surface area contributed by atoms with Crippen molar-refractivity contribution in [1.82, 2.24) is 30.8 Å². The molecule has 1 aliphatic heterocycles. The van der Waals surface area contributed by atoms with Gasteiger partial charge in [-0.3, -0.25) is 33.9 Å². The molecule has 0 unspecified atom stereocenters. The highest BCUT2D eigenvalue weighted by molar-refractivity contribution is 5.96. The summed E-state index contributed by atoms with van der Waals surface area (Å²) in [6.07, 6.45) is 6.27. The molecular formula is C44H60N8O6. The Morgan fingerprint density at radius 1 is 0.966 bits per heavy atom. The number of carbonyl (C=O) groups is 6. The predicted molar refractivity (Wildman–Crippen MR) is 224 cm³/mol. The van der Waals surface area contributed by atoms with Crippen LogP contribution in [-0.2, 0) is 36.8 Å². The third-order valence-corrected chi connectivity index (χ3v) is 10.6. The molecule has 312 valence electrons. The molecule has 0 bridgehead atoms. The fourth-order valence-electron chi connectivity index (χ4n) is 7.09. The average Bonchev–Trinajstić information content (AvgIpc) is 3.61. The molecule has 1 aromatic heterocycles. The van der Waals surface area contributed by atoms with Gasteiger partial charge in [0.15, 0.2) is 11.6 Å². The lowest BCUT2D eigenvalue weighted by molar-refractivity contribution is -0.134. The van der Waals surface area contributed by atoms with E-state index in [1.165, 1.54) is 0 Å². The second-order valence-corrected chi connectivity index (χ2v) is 15.4. The van der Waals surface area contributed by atoms with E-state index in [1.807, 2.05) is 73.5 Å². The number of hydrazine groups is 1. The maximum atomic E-state index is 14.2. The summed E-state index contributed by atoms with van der Waals surface area (Å²) in [5, 5.41) is 10.3. The third kappa shape index (κ3) is 14.1. The van der Waals surface area contributed by atoms with E-state index in [9.17, 15) is 28.8 Å². The number of aromatic amines is 1. The van der Waals surface area contributed by atoms with Crippen molar-refractivity contribution in [2.24, 2.45) is 23.4 Å². The summed E-state index contributed by atoms with van der Waals surface area (Å²) in [6, 6.07) is 13.4. The summed E-state index contributed by atoms with van der Waals surface area (Å²) in [6.45, 7) is 4.66. The maximum Gasteiger partial charge on any atom is 0.333 e. The zero-order valence-corrected chi connectivity index (χ0v) is 34.1. The summed E-state index contributed by atoms with van der Waals surface area (Å²) >= 11 is 0. The zero-order chi connectivity index (χ0) is 42.0. The van der Waals surface area contributed by atoms with Crippen LogP contribution < -0.4 is 27.5 Å². The van der Waals surface area contributed by atoms with E-state index in [2.05, 4.69) is 32.8 Å². The predicted octanol–water partition coefficient (Wildman–Crippen LogP) is 3.53. The van der Waals surface area contributed by atoms with Crippen molar-refractivity contribution in [3.63, 3.8) is 0 Å². The van der Waals surface area contributed by atoms with Gasteiger partial charge in [-0.25, -0.2) is 10.6 Å². The third-order valence-electron chi connectivity index (χ3n) is 10.6. The fraction of sp³-hybridized carbons (Fsp3) is 0.500. The number of carbonyl (C=O) groups excluding carboxylic acids is 6. The minimum atomic E-state index is -1.02. The van der Waals surface area contributed by atoms with Gasteiger partial charge in [0.25, 0.3) is 0 Å². The van der Waals surface area contributed by atoms with E-state index in [-0.39, 0.29) is 43.8 Å². The fourth-order valence-corrected chi connectivity index (χ4v) is 7.09. The van der Waals surface area contributed by atoms with Gasteiger partial charge in [-0.2, -0.15) is 0 Å². The van der Waals surface area contributed by atoms with Crippen molar-refractivity contribution in [2.75, 3.05) is 26.7 Å². The first kappa shape index (κ1) is 45.2. The van der Waals surface area contributed by atoms with Crippen LogP contribution in [0.15, 0.2) is 60.8 Å². The summed E-state index contributed by atoms with van der Waals surface area (Å²) < 4.78 is 0. The molecule has 0 saturated heterocycles. The van der Waals surface area contributed by atoms with Crippen LogP contribution in [-0.4, -0.2) is 95.0 Å². The molecule has 14 nitrogen and oxygen atoms in total. The maximum absolute atomic E-state index is 14.2. The molecule has 0 saturated carbocycles. The van der Waals surface area contributed by atoms with Gasteiger partial charge in [0.2, 0.25) is 17.7 Å². The normalized spacial score (nSPS) is 20.3. The minimum Gasteiger partial charge on any atom is -0.368 e. The summed E-state index contributed by atoms with van der Waals surface area (Å²) in [7, 11) is 1.91. The van der Waals surface area contributed by atoms with Crippen LogP contribution in [0.2, 0.25) is 0 Å². The first-order valence-electron chi connectivity index (χ1n) is 20.4. The van der Waals surface area contributed by atoms with Crippen LogP contribution in [0.3, 0.4) is 0 Å². The number of amides is 5. The highest BCUT2D eigenvalue weighted by atomic mass is 16.2.